The van der Waals surface area contributed by atoms with E-state index in [0.29, 0.717) is 17.7 Å². The standard InChI is InChI=1S/C24H24N2O3S/c1-24(2,3)21-14-30-23(25-21)15-5-8-18(9-6-15)29-13-20(27)16-7-10-19-17(11-16)12-22(28)26(19)4/h5-11,14H,12-13H2,1-4H3. The number of nitrogens with zero attached hydrogens (tertiary/aromatic N) is 2. The number of hydrogen-bond acceptors (Lipinski definition) is 5. The predicted octanol–water partition coefficient (Wildman–Crippen LogP) is 4.89. The van der Waals surface area contributed by atoms with Gasteiger partial charge in [-0.25, -0.2) is 4.98 Å². The smallest absolute Gasteiger partial charge is 0.231 e. The fraction of sp³-hybridized carbons (Fsp3) is 0.292. The highest BCUT2D eigenvalue weighted by molar-refractivity contribution is 7.13. The Morgan fingerprint density at radius 2 is 1.90 bits per heavy atom. The SMILES string of the molecule is CN1C(=O)Cc2cc(C(=O)COc3ccc(-c4nc(C(C)(C)C)cs4)cc3)ccc21. The zero-order valence-electron chi connectivity index (χ0n) is 17.6. The Bertz CT molecular complexity index is 1110. The Hall–Kier alpha value is -2.99. The molecule has 0 saturated heterocycles. The highest BCUT2D eigenvalue weighted by Crippen LogP contribution is 2.31. The van der Waals surface area contributed by atoms with Crippen LogP contribution >= 0.6 is 11.3 Å². The lowest BCUT2D eigenvalue weighted by atomic mass is 9.93. The van der Waals surface area contributed by atoms with Crippen LogP contribution in [-0.2, 0) is 16.6 Å². The number of ketones is 1. The fourth-order valence-electron chi connectivity index (χ4n) is 3.32. The summed E-state index contributed by atoms with van der Waals surface area (Å²) in [7, 11) is 1.75. The van der Waals surface area contributed by atoms with E-state index in [1.54, 1.807) is 35.4 Å². The van der Waals surface area contributed by atoms with E-state index in [-0.39, 0.29) is 23.7 Å². The second-order valence-electron chi connectivity index (χ2n) is 8.50. The van der Waals surface area contributed by atoms with Crippen LogP contribution in [0.5, 0.6) is 5.75 Å². The van der Waals surface area contributed by atoms with E-state index >= 15 is 0 Å². The monoisotopic (exact) mass is 420 g/mol. The van der Waals surface area contributed by atoms with Crippen LogP contribution in [0.25, 0.3) is 10.6 Å². The molecule has 0 aliphatic carbocycles. The molecule has 30 heavy (non-hydrogen) atoms. The fourth-order valence-corrected chi connectivity index (χ4v) is 4.37. The van der Waals surface area contributed by atoms with Gasteiger partial charge in [0.1, 0.15) is 10.8 Å². The molecule has 0 saturated carbocycles. The number of Topliss-reactive ketones (excluding diaryl/α,β-unsaturated/α-hetero) is 1. The summed E-state index contributed by atoms with van der Waals surface area (Å²) >= 11 is 1.63. The van der Waals surface area contributed by atoms with Gasteiger partial charge in [-0.2, -0.15) is 0 Å². The number of fused-ring (bicyclic) bond motifs is 1. The Balaban J connectivity index is 1.40. The molecule has 0 unspecified atom stereocenters. The largest absolute Gasteiger partial charge is 0.485 e. The van der Waals surface area contributed by atoms with Crippen molar-refractivity contribution in [3.8, 4) is 16.3 Å². The summed E-state index contributed by atoms with van der Waals surface area (Å²) in [6, 6.07) is 13.0. The average molecular weight is 421 g/mol. The van der Waals surface area contributed by atoms with Gasteiger partial charge in [-0.15, -0.1) is 11.3 Å². The molecule has 0 spiro atoms. The second-order valence-corrected chi connectivity index (χ2v) is 9.36. The molecule has 1 aliphatic heterocycles. The molecule has 6 heteroatoms. The van der Waals surface area contributed by atoms with E-state index in [1.165, 1.54) is 0 Å². The van der Waals surface area contributed by atoms with Gasteiger partial charge in [0, 0.05) is 34.7 Å². The summed E-state index contributed by atoms with van der Waals surface area (Å²) in [5, 5.41) is 3.07. The summed E-state index contributed by atoms with van der Waals surface area (Å²) in [4.78, 5) is 30.7. The van der Waals surface area contributed by atoms with Crippen molar-refractivity contribution in [2.75, 3.05) is 18.6 Å². The molecule has 0 radical (unpaired) electrons. The van der Waals surface area contributed by atoms with Gasteiger partial charge in [0.2, 0.25) is 5.91 Å². The molecule has 0 atom stereocenters. The van der Waals surface area contributed by atoms with E-state index in [4.69, 9.17) is 9.72 Å². The molecule has 2 heterocycles. The van der Waals surface area contributed by atoms with Gasteiger partial charge in [-0.05, 0) is 48.0 Å². The Kier molecular flexibility index (Phi) is 5.20. The first-order valence-corrected chi connectivity index (χ1v) is 10.7. The Labute approximate surface area is 180 Å². The summed E-state index contributed by atoms with van der Waals surface area (Å²) in [6.07, 6.45) is 0.336. The van der Waals surface area contributed by atoms with Gasteiger partial charge in [-0.3, -0.25) is 9.59 Å². The van der Waals surface area contributed by atoms with Gasteiger partial charge >= 0.3 is 0 Å². The summed E-state index contributed by atoms with van der Waals surface area (Å²) in [5.74, 6) is 0.565. The van der Waals surface area contributed by atoms with Crippen molar-refractivity contribution in [1.29, 1.82) is 0 Å². The topological polar surface area (TPSA) is 59.5 Å². The molecule has 1 aromatic heterocycles. The predicted molar refractivity (Wildman–Crippen MR) is 120 cm³/mol. The van der Waals surface area contributed by atoms with Crippen LogP contribution in [0.3, 0.4) is 0 Å². The van der Waals surface area contributed by atoms with Crippen molar-refractivity contribution in [3.63, 3.8) is 0 Å². The number of anilines is 1. The molecule has 0 bridgehead atoms. The van der Waals surface area contributed by atoms with Crippen molar-refractivity contribution in [2.24, 2.45) is 0 Å². The van der Waals surface area contributed by atoms with E-state index in [9.17, 15) is 9.59 Å². The second kappa shape index (κ2) is 7.69. The van der Waals surface area contributed by atoms with Crippen LogP contribution in [0, 0.1) is 0 Å². The van der Waals surface area contributed by atoms with E-state index in [1.807, 2.05) is 30.3 Å². The number of carbonyl (C=O) groups is 2. The first kappa shape index (κ1) is 20.3. The number of aromatic nitrogens is 1. The molecule has 0 fully saturated rings. The number of amides is 1. The number of carbonyl (C=O) groups excluding carboxylic acids is 2. The summed E-state index contributed by atoms with van der Waals surface area (Å²) in [5.41, 5.74) is 4.45. The quantitative estimate of drug-likeness (QED) is 0.552. The van der Waals surface area contributed by atoms with E-state index in [2.05, 4.69) is 26.2 Å². The molecule has 4 rings (SSSR count). The van der Waals surface area contributed by atoms with Crippen molar-refractivity contribution in [1.82, 2.24) is 4.98 Å². The van der Waals surface area contributed by atoms with Crippen molar-refractivity contribution in [2.45, 2.75) is 32.6 Å². The Morgan fingerprint density at radius 1 is 1.17 bits per heavy atom. The molecular weight excluding hydrogens is 396 g/mol. The summed E-state index contributed by atoms with van der Waals surface area (Å²) < 4.78 is 5.69. The highest BCUT2D eigenvalue weighted by atomic mass is 32.1. The lowest BCUT2D eigenvalue weighted by Gasteiger charge is -2.14. The molecule has 154 valence electrons. The molecule has 1 aliphatic rings. The Morgan fingerprint density at radius 3 is 2.57 bits per heavy atom. The van der Waals surface area contributed by atoms with Crippen LogP contribution < -0.4 is 9.64 Å². The molecule has 5 nitrogen and oxygen atoms in total. The van der Waals surface area contributed by atoms with Gasteiger partial charge in [0.25, 0.3) is 0 Å². The maximum absolute atomic E-state index is 12.5. The van der Waals surface area contributed by atoms with Crippen molar-refractivity contribution < 1.29 is 14.3 Å². The third-order valence-corrected chi connectivity index (χ3v) is 6.11. The molecular formula is C24H24N2O3S. The number of hydrogen-bond donors (Lipinski definition) is 0. The molecule has 1 amide bonds. The van der Waals surface area contributed by atoms with Gasteiger partial charge in [0.15, 0.2) is 12.4 Å². The van der Waals surface area contributed by atoms with Crippen molar-refractivity contribution in [3.05, 3.63) is 64.7 Å². The van der Waals surface area contributed by atoms with Crippen LogP contribution in [0.4, 0.5) is 5.69 Å². The minimum absolute atomic E-state index is 0.0262. The maximum Gasteiger partial charge on any atom is 0.231 e. The number of benzene rings is 2. The lowest BCUT2D eigenvalue weighted by Crippen LogP contribution is -2.20. The summed E-state index contributed by atoms with van der Waals surface area (Å²) in [6.45, 7) is 6.40. The van der Waals surface area contributed by atoms with Gasteiger partial charge < -0.3 is 9.64 Å². The highest BCUT2D eigenvalue weighted by Gasteiger charge is 2.24. The molecule has 2 aromatic carbocycles. The molecule has 3 aromatic rings. The number of likely N-dealkylation sites (N-methyl/N-ethyl adjacent to an activating group) is 1. The minimum Gasteiger partial charge on any atom is -0.485 e. The normalized spacial score (nSPS) is 13.5. The first-order valence-electron chi connectivity index (χ1n) is 9.84. The van der Waals surface area contributed by atoms with Crippen LogP contribution in [-0.4, -0.2) is 30.3 Å². The first-order chi connectivity index (χ1) is 14.2. The van der Waals surface area contributed by atoms with Gasteiger partial charge in [0.05, 0.1) is 12.1 Å². The average Bonchev–Trinajstić information content (AvgIpc) is 3.32. The van der Waals surface area contributed by atoms with Crippen LogP contribution in [0.15, 0.2) is 47.8 Å². The third kappa shape index (κ3) is 4.00. The third-order valence-electron chi connectivity index (χ3n) is 5.22. The zero-order chi connectivity index (χ0) is 21.5. The van der Waals surface area contributed by atoms with E-state index in [0.717, 1.165) is 27.5 Å². The maximum atomic E-state index is 12.5. The molecule has 0 N–H and O–H groups in total. The van der Waals surface area contributed by atoms with Crippen LogP contribution in [0.1, 0.15) is 42.4 Å². The number of thiazole rings is 1. The number of rotatable bonds is 5. The van der Waals surface area contributed by atoms with Crippen LogP contribution in [0.2, 0.25) is 0 Å². The minimum atomic E-state index is -0.112. The zero-order valence-corrected chi connectivity index (χ0v) is 18.4. The van der Waals surface area contributed by atoms with Gasteiger partial charge in [-0.1, -0.05) is 20.8 Å². The van der Waals surface area contributed by atoms with E-state index < -0.39 is 0 Å². The number of ether oxygens (including phenoxy) is 1. The lowest BCUT2D eigenvalue weighted by molar-refractivity contribution is -0.117. The van der Waals surface area contributed by atoms with Crippen molar-refractivity contribution >= 4 is 28.7 Å².